The lowest BCUT2D eigenvalue weighted by Crippen LogP contribution is -2.01. The van der Waals surface area contributed by atoms with Crippen molar-refractivity contribution in [3.63, 3.8) is 0 Å². The molecule has 72 valence electrons. The second kappa shape index (κ2) is 3.72. The van der Waals surface area contributed by atoms with Crippen LogP contribution in [0, 0.1) is 5.92 Å². The van der Waals surface area contributed by atoms with Crippen molar-refractivity contribution in [1.82, 2.24) is 9.59 Å². The van der Waals surface area contributed by atoms with Crippen LogP contribution >= 0.6 is 11.5 Å². The Labute approximate surface area is 82.0 Å². The maximum absolute atomic E-state index is 9.89. The van der Waals surface area contributed by atoms with Gasteiger partial charge in [-0.25, -0.2) is 0 Å². The number of aromatic nitrogens is 2. The van der Waals surface area contributed by atoms with Crippen LogP contribution in [-0.4, -0.2) is 14.7 Å². The average molecular weight is 198 g/mol. The van der Waals surface area contributed by atoms with E-state index in [0.29, 0.717) is 5.92 Å². The van der Waals surface area contributed by atoms with Crippen molar-refractivity contribution in [2.24, 2.45) is 5.92 Å². The van der Waals surface area contributed by atoms with E-state index in [2.05, 4.69) is 16.5 Å². The molecule has 4 heteroatoms. The van der Waals surface area contributed by atoms with E-state index in [4.69, 9.17) is 0 Å². The monoisotopic (exact) mass is 198 g/mol. The fourth-order valence-electron chi connectivity index (χ4n) is 1.48. The highest BCUT2D eigenvalue weighted by atomic mass is 32.1. The molecule has 0 aliphatic heterocycles. The minimum Gasteiger partial charge on any atom is -0.387 e. The van der Waals surface area contributed by atoms with Gasteiger partial charge >= 0.3 is 0 Å². The molecule has 0 saturated heterocycles. The summed E-state index contributed by atoms with van der Waals surface area (Å²) in [4.78, 5) is 1.00. The molecule has 1 aliphatic rings. The fourth-order valence-corrected chi connectivity index (χ4v) is 2.25. The van der Waals surface area contributed by atoms with Crippen LogP contribution in [-0.2, 0) is 6.42 Å². The molecule has 0 radical (unpaired) electrons. The van der Waals surface area contributed by atoms with Crippen molar-refractivity contribution >= 4 is 11.5 Å². The summed E-state index contributed by atoms with van der Waals surface area (Å²) < 4.78 is 3.90. The number of rotatable bonds is 4. The third-order valence-electron chi connectivity index (χ3n) is 2.41. The van der Waals surface area contributed by atoms with Gasteiger partial charge in [0.1, 0.15) is 0 Å². The molecule has 1 atom stereocenters. The Bertz CT molecular complexity index is 283. The predicted octanol–water partition coefficient (Wildman–Crippen LogP) is 1.93. The molecule has 1 N–H and O–H groups in total. The normalized spacial score (nSPS) is 18.9. The van der Waals surface area contributed by atoms with E-state index >= 15 is 0 Å². The van der Waals surface area contributed by atoms with E-state index < -0.39 is 0 Å². The van der Waals surface area contributed by atoms with Gasteiger partial charge in [0, 0.05) is 0 Å². The van der Waals surface area contributed by atoms with Crippen molar-refractivity contribution in [2.75, 3.05) is 0 Å². The summed E-state index contributed by atoms with van der Waals surface area (Å²) in [6.45, 7) is 2.12. The van der Waals surface area contributed by atoms with Gasteiger partial charge in [0.15, 0.2) is 0 Å². The molecule has 1 aromatic heterocycles. The van der Waals surface area contributed by atoms with Crippen molar-refractivity contribution in [2.45, 2.75) is 38.7 Å². The predicted molar refractivity (Wildman–Crippen MR) is 51.6 cm³/mol. The molecule has 1 aliphatic carbocycles. The minimum absolute atomic E-state index is 0.290. The Hall–Kier alpha value is -0.480. The van der Waals surface area contributed by atoms with Crippen LogP contribution in [0.1, 0.15) is 42.9 Å². The molecule has 0 spiro atoms. The SMILES string of the molecule is CCCc1nnsc1C(O)C1CC1. The second-order valence-electron chi connectivity index (χ2n) is 3.62. The zero-order chi connectivity index (χ0) is 9.26. The van der Waals surface area contributed by atoms with E-state index in [1.54, 1.807) is 0 Å². The van der Waals surface area contributed by atoms with Gasteiger partial charge in [-0.1, -0.05) is 17.8 Å². The third kappa shape index (κ3) is 1.89. The summed E-state index contributed by atoms with van der Waals surface area (Å²) in [7, 11) is 0. The highest BCUT2D eigenvalue weighted by Crippen LogP contribution is 2.42. The van der Waals surface area contributed by atoms with Crippen LogP contribution in [0.2, 0.25) is 0 Å². The number of hydrogen-bond donors (Lipinski definition) is 1. The minimum atomic E-state index is -0.290. The highest BCUT2D eigenvalue weighted by molar-refractivity contribution is 7.05. The molecule has 0 bridgehead atoms. The summed E-state index contributed by atoms with van der Waals surface area (Å²) >= 11 is 1.35. The molecule has 0 amide bonds. The first-order valence-electron chi connectivity index (χ1n) is 4.82. The number of aryl methyl sites for hydroxylation is 1. The van der Waals surface area contributed by atoms with E-state index in [-0.39, 0.29) is 6.10 Å². The summed E-state index contributed by atoms with van der Waals surface area (Å²) in [6, 6.07) is 0. The summed E-state index contributed by atoms with van der Waals surface area (Å²) in [5.74, 6) is 0.484. The van der Waals surface area contributed by atoms with Crippen LogP contribution in [0.25, 0.3) is 0 Å². The topological polar surface area (TPSA) is 46.0 Å². The first-order chi connectivity index (χ1) is 6.33. The molecule has 13 heavy (non-hydrogen) atoms. The van der Waals surface area contributed by atoms with E-state index in [0.717, 1.165) is 36.3 Å². The quantitative estimate of drug-likeness (QED) is 0.804. The van der Waals surface area contributed by atoms with Crippen molar-refractivity contribution in [1.29, 1.82) is 0 Å². The lowest BCUT2D eigenvalue weighted by molar-refractivity contribution is 0.156. The zero-order valence-corrected chi connectivity index (χ0v) is 8.55. The standard InChI is InChI=1S/C9H14N2OS/c1-2-3-7-9(13-11-10-7)8(12)6-4-5-6/h6,8,12H,2-5H2,1H3. The molecule has 1 fully saturated rings. The van der Waals surface area contributed by atoms with Crippen LogP contribution in [0.3, 0.4) is 0 Å². The molecule has 2 rings (SSSR count). The zero-order valence-electron chi connectivity index (χ0n) is 7.73. The lowest BCUT2D eigenvalue weighted by atomic mass is 10.1. The Morgan fingerprint density at radius 3 is 3.00 bits per heavy atom. The average Bonchev–Trinajstić information content (AvgIpc) is 2.87. The summed E-state index contributed by atoms with van der Waals surface area (Å²) in [6.07, 6.45) is 4.03. The lowest BCUT2D eigenvalue weighted by Gasteiger charge is -2.06. The Balaban J connectivity index is 2.12. The Morgan fingerprint density at radius 2 is 2.38 bits per heavy atom. The molecular formula is C9H14N2OS. The summed E-state index contributed by atoms with van der Waals surface area (Å²) in [5, 5.41) is 13.9. The van der Waals surface area contributed by atoms with Gasteiger partial charge in [0.2, 0.25) is 0 Å². The maximum atomic E-state index is 9.89. The Morgan fingerprint density at radius 1 is 1.62 bits per heavy atom. The van der Waals surface area contributed by atoms with Gasteiger partial charge in [0.25, 0.3) is 0 Å². The number of nitrogens with zero attached hydrogens (tertiary/aromatic N) is 2. The highest BCUT2D eigenvalue weighted by Gasteiger charge is 2.33. The fraction of sp³-hybridized carbons (Fsp3) is 0.778. The van der Waals surface area contributed by atoms with E-state index in [9.17, 15) is 5.11 Å². The molecular weight excluding hydrogens is 184 g/mol. The van der Waals surface area contributed by atoms with E-state index in [1.807, 2.05) is 0 Å². The van der Waals surface area contributed by atoms with E-state index in [1.165, 1.54) is 11.5 Å². The van der Waals surface area contributed by atoms with Gasteiger partial charge in [-0.3, -0.25) is 0 Å². The molecule has 1 saturated carbocycles. The maximum Gasteiger partial charge on any atom is 0.0945 e. The number of aliphatic hydroxyl groups excluding tert-OH is 1. The van der Waals surface area contributed by atoms with Crippen LogP contribution < -0.4 is 0 Å². The first kappa shape index (κ1) is 9.09. The van der Waals surface area contributed by atoms with Gasteiger partial charge in [-0.2, -0.15) is 0 Å². The molecule has 3 nitrogen and oxygen atoms in total. The third-order valence-corrected chi connectivity index (χ3v) is 3.25. The van der Waals surface area contributed by atoms with Crippen LogP contribution in [0.15, 0.2) is 0 Å². The van der Waals surface area contributed by atoms with Crippen LogP contribution in [0.5, 0.6) is 0 Å². The van der Waals surface area contributed by atoms with Gasteiger partial charge < -0.3 is 5.11 Å². The smallest absolute Gasteiger partial charge is 0.0945 e. The van der Waals surface area contributed by atoms with Crippen molar-refractivity contribution in [3.05, 3.63) is 10.6 Å². The number of aliphatic hydroxyl groups is 1. The first-order valence-corrected chi connectivity index (χ1v) is 5.59. The largest absolute Gasteiger partial charge is 0.387 e. The molecule has 0 aromatic carbocycles. The van der Waals surface area contributed by atoms with Gasteiger partial charge in [0.05, 0.1) is 16.7 Å². The van der Waals surface area contributed by atoms with Gasteiger partial charge in [-0.15, -0.1) is 5.10 Å². The van der Waals surface area contributed by atoms with Gasteiger partial charge in [-0.05, 0) is 36.7 Å². The number of hydrogen-bond acceptors (Lipinski definition) is 4. The second-order valence-corrected chi connectivity index (χ2v) is 4.40. The summed E-state index contributed by atoms with van der Waals surface area (Å²) in [5.41, 5.74) is 1.01. The molecule has 1 heterocycles. The molecule has 1 aromatic rings. The van der Waals surface area contributed by atoms with Crippen LogP contribution in [0.4, 0.5) is 0 Å². The van der Waals surface area contributed by atoms with Crippen molar-refractivity contribution in [3.8, 4) is 0 Å². The Kier molecular flexibility index (Phi) is 2.60. The molecule has 1 unspecified atom stereocenters. The van der Waals surface area contributed by atoms with Crippen molar-refractivity contribution < 1.29 is 5.11 Å².